The molecule has 1 fully saturated rings. The number of halogens is 2. The van der Waals surface area contributed by atoms with Gasteiger partial charge >= 0.3 is 0 Å². The van der Waals surface area contributed by atoms with Crippen LogP contribution in [0.25, 0.3) is 11.5 Å². The normalized spacial score (nSPS) is 18.0. The van der Waals surface area contributed by atoms with Crippen molar-refractivity contribution < 1.29 is 8.78 Å². The second kappa shape index (κ2) is 7.52. The van der Waals surface area contributed by atoms with Crippen molar-refractivity contribution in [1.82, 2.24) is 24.8 Å². The van der Waals surface area contributed by atoms with E-state index in [0.717, 1.165) is 49.1 Å². The Hall–Kier alpha value is -2.67. The predicted octanol–water partition coefficient (Wildman–Crippen LogP) is 3.83. The molecular weight excluding hydrogens is 348 g/mol. The van der Waals surface area contributed by atoms with Crippen LogP contribution in [0.3, 0.4) is 0 Å². The average molecular weight is 369 g/mol. The molecule has 1 N–H and O–H groups in total. The van der Waals surface area contributed by atoms with E-state index < -0.39 is 5.82 Å². The monoisotopic (exact) mass is 369 g/mol. The first-order chi connectivity index (χ1) is 13.1. The first-order valence-corrected chi connectivity index (χ1v) is 9.09. The Kier molecular flexibility index (Phi) is 4.94. The summed E-state index contributed by atoms with van der Waals surface area (Å²) in [5.74, 6) is 0.0995. The molecular formula is C20H21F2N5. The second-order valence-corrected chi connectivity index (χ2v) is 7.02. The van der Waals surface area contributed by atoms with Crippen molar-refractivity contribution in [1.29, 1.82) is 0 Å². The number of rotatable bonds is 4. The first-order valence-electron chi connectivity index (χ1n) is 9.09. The molecule has 0 aliphatic carbocycles. The molecule has 3 aromatic rings. The summed E-state index contributed by atoms with van der Waals surface area (Å²) in [6.07, 6.45) is 7.08. The topological polar surface area (TPSA) is 57.7 Å². The summed E-state index contributed by atoms with van der Waals surface area (Å²) < 4.78 is 27.5. The number of imidazole rings is 1. The zero-order valence-corrected chi connectivity index (χ0v) is 15.1. The van der Waals surface area contributed by atoms with E-state index in [4.69, 9.17) is 0 Å². The van der Waals surface area contributed by atoms with Gasteiger partial charge in [-0.25, -0.2) is 18.7 Å². The third kappa shape index (κ3) is 3.88. The highest BCUT2D eigenvalue weighted by Gasteiger charge is 2.26. The Balaban J connectivity index is 1.56. The fourth-order valence-corrected chi connectivity index (χ4v) is 3.69. The van der Waals surface area contributed by atoms with Crippen molar-refractivity contribution in [2.24, 2.45) is 0 Å². The van der Waals surface area contributed by atoms with Gasteiger partial charge in [-0.05, 0) is 44.5 Å². The van der Waals surface area contributed by atoms with Gasteiger partial charge in [-0.3, -0.25) is 9.88 Å². The Morgan fingerprint density at radius 1 is 1.19 bits per heavy atom. The Bertz CT molecular complexity index is 940. The molecule has 1 aliphatic rings. The summed E-state index contributed by atoms with van der Waals surface area (Å²) in [5, 5.41) is 0. The number of benzene rings is 1. The molecule has 0 amide bonds. The van der Waals surface area contributed by atoms with E-state index in [-0.39, 0.29) is 11.7 Å². The van der Waals surface area contributed by atoms with E-state index in [2.05, 4.69) is 24.8 Å². The number of hydrogen-bond acceptors (Lipinski definition) is 4. The Morgan fingerprint density at radius 3 is 2.85 bits per heavy atom. The lowest BCUT2D eigenvalue weighted by molar-refractivity contribution is 0.196. The molecule has 0 unspecified atom stereocenters. The summed E-state index contributed by atoms with van der Waals surface area (Å²) in [6, 6.07) is 3.61. The van der Waals surface area contributed by atoms with Crippen molar-refractivity contribution in [3.8, 4) is 11.5 Å². The molecule has 0 saturated carbocycles. The SMILES string of the molecule is Cc1cnc(-c2nccnc2[C@H]2CCCN(Cc3cc(F)ccc3F)C2)[nH]1. The predicted molar refractivity (Wildman–Crippen MR) is 98.0 cm³/mol. The van der Waals surface area contributed by atoms with Crippen LogP contribution >= 0.6 is 0 Å². The van der Waals surface area contributed by atoms with E-state index in [1.54, 1.807) is 18.6 Å². The summed E-state index contributed by atoms with van der Waals surface area (Å²) >= 11 is 0. The maximum absolute atomic E-state index is 14.0. The van der Waals surface area contributed by atoms with E-state index in [9.17, 15) is 8.78 Å². The quantitative estimate of drug-likeness (QED) is 0.759. The fraction of sp³-hybridized carbons (Fsp3) is 0.350. The van der Waals surface area contributed by atoms with Crippen LogP contribution in [0, 0.1) is 18.6 Å². The summed E-state index contributed by atoms with van der Waals surface area (Å²) in [4.78, 5) is 18.8. The third-order valence-corrected chi connectivity index (χ3v) is 4.95. The van der Waals surface area contributed by atoms with Gasteiger partial charge in [-0.1, -0.05) is 0 Å². The van der Waals surface area contributed by atoms with Gasteiger partial charge in [0.2, 0.25) is 0 Å². The molecule has 27 heavy (non-hydrogen) atoms. The van der Waals surface area contributed by atoms with E-state index in [1.807, 2.05) is 6.92 Å². The number of aryl methyl sites for hydroxylation is 1. The number of likely N-dealkylation sites (tertiary alicyclic amines) is 1. The molecule has 1 atom stereocenters. The molecule has 5 nitrogen and oxygen atoms in total. The van der Waals surface area contributed by atoms with Gasteiger partial charge < -0.3 is 4.98 Å². The van der Waals surface area contributed by atoms with Gasteiger partial charge in [0.25, 0.3) is 0 Å². The van der Waals surface area contributed by atoms with Crippen LogP contribution in [-0.2, 0) is 6.54 Å². The Labute approximate surface area is 156 Å². The highest BCUT2D eigenvalue weighted by atomic mass is 19.1. The first kappa shape index (κ1) is 17.7. The number of piperidine rings is 1. The molecule has 4 rings (SSSR count). The van der Waals surface area contributed by atoms with E-state index >= 15 is 0 Å². The standard InChI is InChI=1S/C20H21F2N5/c1-13-10-25-20(26-13)19-18(23-6-7-24-19)14-3-2-8-27(11-14)12-15-9-16(21)4-5-17(15)22/h4-7,9-10,14H,2-3,8,11-12H2,1H3,(H,25,26)/t14-/m0/s1. The zero-order chi connectivity index (χ0) is 18.8. The molecule has 0 spiro atoms. The number of aromatic amines is 1. The third-order valence-electron chi connectivity index (χ3n) is 4.95. The number of hydrogen-bond donors (Lipinski definition) is 1. The Morgan fingerprint density at radius 2 is 2.04 bits per heavy atom. The molecule has 0 bridgehead atoms. The van der Waals surface area contributed by atoms with Crippen LogP contribution < -0.4 is 0 Å². The van der Waals surface area contributed by atoms with Crippen LogP contribution in [-0.4, -0.2) is 37.9 Å². The van der Waals surface area contributed by atoms with Crippen molar-refractivity contribution in [3.63, 3.8) is 0 Å². The van der Waals surface area contributed by atoms with Gasteiger partial charge in [-0.2, -0.15) is 0 Å². The fourth-order valence-electron chi connectivity index (χ4n) is 3.69. The van der Waals surface area contributed by atoms with Crippen LogP contribution in [0.15, 0.2) is 36.8 Å². The molecule has 1 aliphatic heterocycles. The highest BCUT2D eigenvalue weighted by Crippen LogP contribution is 2.31. The molecule has 3 heterocycles. The largest absolute Gasteiger partial charge is 0.341 e. The van der Waals surface area contributed by atoms with Crippen molar-refractivity contribution in [3.05, 3.63) is 65.4 Å². The maximum Gasteiger partial charge on any atom is 0.158 e. The number of nitrogens with zero attached hydrogens (tertiary/aromatic N) is 4. The average Bonchev–Trinajstić information content (AvgIpc) is 3.11. The van der Waals surface area contributed by atoms with E-state index in [1.165, 1.54) is 12.1 Å². The van der Waals surface area contributed by atoms with Crippen molar-refractivity contribution in [2.45, 2.75) is 32.2 Å². The number of aromatic nitrogens is 4. The van der Waals surface area contributed by atoms with Gasteiger partial charge in [-0.15, -0.1) is 0 Å². The molecule has 0 radical (unpaired) electrons. The van der Waals surface area contributed by atoms with Gasteiger partial charge in [0.05, 0.1) is 5.69 Å². The molecule has 140 valence electrons. The van der Waals surface area contributed by atoms with E-state index in [0.29, 0.717) is 17.9 Å². The van der Waals surface area contributed by atoms with Gasteiger partial charge in [0.1, 0.15) is 17.3 Å². The van der Waals surface area contributed by atoms with Gasteiger partial charge in [0.15, 0.2) is 5.82 Å². The van der Waals surface area contributed by atoms with Crippen LogP contribution in [0.4, 0.5) is 8.78 Å². The number of H-pyrrole nitrogens is 1. The molecule has 1 aromatic carbocycles. The molecule has 1 saturated heterocycles. The summed E-state index contributed by atoms with van der Waals surface area (Å²) in [6.45, 7) is 3.90. The molecule has 7 heteroatoms. The smallest absolute Gasteiger partial charge is 0.158 e. The van der Waals surface area contributed by atoms with Gasteiger partial charge in [0, 0.05) is 48.9 Å². The summed E-state index contributed by atoms with van der Waals surface area (Å²) in [7, 11) is 0. The second-order valence-electron chi connectivity index (χ2n) is 7.02. The minimum absolute atomic E-state index is 0.171. The van der Waals surface area contributed by atoms with Crippen molar-refractivity contribution >= 4 is 0 Å². The minimum atomic E-state index is -0.413. The number of nitrogens with one attached hydrogen (secondary N) is 1. The lowest BCUT2D eigenvalue weighted by Gasteiger charge is -2.33. The lowest BCUT2D eigenvalue weighted by atomic mass is 9.92. The van der Waals surface area contributed by atoms with Crippen LogP contribution in [0.5, 0.6) is 0 Å². The zero-order valence-electron chi connectivity index (χ0n) is 15.1. The molecule has 2 aromatic heterocycles. The van der Waals surface area contributed by atoms with Crippen molar-refractivity contribution in [2.75, 3.05) is 13.1 Å². The van der Waals surface area contributed by atoms with Crippen LogP contribution in [0.2, 0.25) is 0 Å². The minimum Gasteiger partial charge on any atom is -0.341 e. The maximum atomic E-state index is 14.0. The summed E-state index contributed by atoms with van der Waals surface area (Å²) in [5.41, 5.74) is 3.01. The van der Waals surface area contributed by atoms with Crippen LogP contribution in [0.1, 0.15) is 35.7 Å². The lowest BCUT2D eigenvalue weighted by Crippen LogP contribution is -2.34. The highest BCUT2D eigenvalue weighted by molar-refractivity contribution is 5.53.